The Bertz CT molecular complexity index is 965. The maximum absolute atomic E-state index is 13.2. The molecule has 4 N–H and O–H groups in total. The molecule has 2 aromatic carbocycles. The molecule has 1 amide bonds. The van der Waals surface area contributed by atoms with Gasteiger partial charge in [-0.25, -0.2) is 17.6 Å². The maximum atomic E-state index is 13.2. The second kappa shape index (κ2) is 7.05. The Morgan fingerprint density at radius 3 is 2.56 bits per heavy atom. The molecule has 0 aliphatic carbocycles. The van der Waals surface area contributed by atoms with Crippen molar-refractivity contribution in [1.29, 1.82) is 0 Å². The number of carbonyl (C=O) groups is 1. The fourth-order valence-electron chi connectivity index (χ4n) is 2.94. The van der Waals surface area contributed by atoms with Crippen molar-refractivity contribution in [2.24, 2.45) is 5.73 Å². The highest BCUT2D eigenvalue weighted by Gasteiger charge is 2.40. The lowest BCUT2D eigenvalue weighted by Gasteiger charge is -2.40. The van der Waals surface area contributed by atoms with E-state index in [9.17, 15) is 17.6 Å². The van der Waals surface area contributed by atoms with Gasteiger partial charge in [-0.1, -0.05) is 0 Å². The number of hydrogen-bond donors (Lipinski definition) is 3. The van der Waals surface area contributed by atoms with Crippen LogP contribution in [0.25, 0.3) is 0 Å². The number of halogens is 1. The van der Waals surface area contributed by atoms with Gasteiger partial charge in [0.25, 0.3) is 10.0 Å². The molecule has 0 radical (unpaired) electrons. The minimum atomic E-state index is -4.07. The molecule has 0 fully saturated rings. The number of ether oxygens (including phenoxy) is 1. The van der Waals surface area contributed by atoms with Crippen molar-refractivity contribution in [3.8, 4) is 5.75 Å². The summed E-state index contributed by atoms with van der Waals surface area (Å²) in [6.45, 7) is 1.71. The summed E-state index contributed by atoms with van der Waals surface area (Å²) in [5.41, 5.74) is 6.08. The predicted molar refractivity (Wildman–Crippen MR) is 97.1 cm³/mol. The summed E-state index contributed by atoms with van der Waals surface area (Å²) < 4.78 is 46.6. The number of nitrogens with zero attached hydrogens (tertiary/aromatic N) is 1. The van der Waals surface area contributed by atoms with Crippen molar-refractivity contribution in [2.45, 2.75) is 24.0 Å². The maximum Gasteiger partial charge on any atom is 0.409 e. The molecule has 0 saturated carbocycles. The molecular weight excluding hydrogens is 377 g/mol. The minimum Gasteiger partial charge on any atom is -0.485 e. The zero-order valence-electron chi connectivity index (χ0n) is 14.3. The van der Waals surface area contributed by atoms with Gasteiger partial charge in [0, 0.05) is 12.2 Å². The van der Waals surface area contributed by atoms with Gasteiger partial charge >= 0.3 is 6.09 Å². The predicted octanol–water partition coefficient (Wildman–Crippen LogP) is 2.22. The summed E-state index contributed by atoms with van der Waals surface area (Å²) in [5, 5.41) is 11.1. The van der Waals surface area contributed by atoms with E-state index >= 15 is 0 Å². The first kappa shape index (κ1) is 18.9. The van der Waals surface area contributed by atoms with Crippen LogP contribution in [-0.4, -0.2) is 38.3 Å². The van der Waals surface area contributed by atoms with Crippen LogP contribution in [0.1, 0.15) is 6.92 Å². The SMILES string of the molecule is C[C@@H]1[C@H](CN)Oc2ccc(NC(=O)O)cc2N1S(=O)(=O)c1ccc(F)cc1. The van der Waals surface area contributed by atoms with Gasteiger partial charge in [0.2, 0.25) is 0 Å². The van der Waals surface area contributed by atoms with Crippen LogP contribution >= 0.6 is 0 Å². The monoisotopic (exact) mass is 395 g/mol. The molecule has 0 unspecified atom stereocenters. The summed E-state index contributed by atoms with van der Waals surface area (Å²) in [6.07, 6.45) is -1.89. The largest absolute Gasteiger partial charge is 0.485 e. The number of anilines is 2. The fourth-order valence-corrected chi connectivity index (χ4v) is 4.62. The van der Waals surface area contributed by atoms with Gasteiger partial charge in [-0.15, -0.1) is 0 Å². The quantitative estimate of drug-likeness (QED) is 0.730. The van der Waals surface area contributed by atoms with E-state index in [-0.39, 0.29) is 28.6 Å². The van der Waals surface area contributed by atoms with Crippen LogP contribution in [0.5, 0.6) is 5.75 Å². The van der Waals surface area contributed by atoms with E-state index in [1.54, 1.807) is 6.92 Å². The molecule has 0 bridgehead atoms. The molecule has 0 saturated heterocycles. The third kappa shape index (κ3) is 3.53. The van der Waals surface area contributed by atoms with Crippen molar-refractivity contribution in [1.82, 2.24) is 0 Å². The van der Waals surface area contributed by atoms with Crippen LogP contribution in [0, 0.1) is 5.82 Å². The van der Waals surface area contributed by atoms with Crippen LogP contribution in [0.4, 0.5) is 20.6 Å². The Hall–Kier alpha value is -2.85. The van der Waals surface area contributed by atoms with Crippen LogP contribution in [0.3, 0.4) is 0 Å². The highest BCUT2D eigenvalue weighted by Crippen LogP contribution is 2.41. The molecule has 2 aromatic rings. The van der Waals surface area contributed by atoms with Crippen molar-refractivity contribution < 1.29 is 27.4 Å². The number of hydrogen-bond acceptors (Lipinski definition) is 5. The third-order valence-corrected chi connectivity index (χ3v) is 6.15. The van der Waals surface area contributed by atoms with Crippen LogP contribution in [0.15, 0.2) is 47.4 Å². The molecule has 1 aliphatic rings. The Balaban J connectivity index is 2.15. The first-order valence-corrected chi connectivity index (χ1v) is 9.49. The molecular formula is C17H18FN3O5S. The number of sulfonamides is 1. The summed E-state index contributed by atoms with van der Waals surface area (Å²) in [6, 6.07) is 8.09. The van der Waals surface area contributed by atoms with Crippen molar-refractivity contribution in [2.75, 3.05) is 16.2 Å². The molecule has 0 spiro atoms. The highest BCUT2D eigenvalue weighted by molar-refractivity contribution is 7.92. The molecule has 3 rings (SSSR count). The number of carboxylic acid groups (broad SMARTS) is 1. The molecule has 8 nitrogen and oxygen atoms in total. The standard InChI is InChI=1S/C17H18FN3O5S/c1-10-16(9-19)26-15-7-4-12(20-17(22)23)8-14(15)21(10)27(24,25)13-5-2-11(18)3-6-13/h2-8,10,16,20H,9,19H2,1H3,(H,22,23)/t10-,16+/m1/s1. The number of amides is 1. The van der Waals surface area contributed by atoms with Crippen molar-refractivity contribution >= 4 is 27.5 Å². The van der Waals surface area contributed by atoms with E-state index in [2.05, 4.69) is 5.32 Å². The average molecular weight is 395 g/mol. The second-order valence-electron chi connectivity index (χ2n) is 6.00. The average Bonchev–Trinajstić information content (AvgIpc) is 2.60. The summed E-state index contributed by atoms with van der Waals surface area (Å²) in [7, 11) is -4.07. The van der Waals surface area contributed by atoms with Crippen molar-refractivity contribution in [3.05, 3.63) is 48.3 Å². The van der Waals surface area contributed by atoms with Gasteiger partial charge in [0.05, 0.1) is 16.6 Å². The Kier molecular flexibility index (Phi) is 4.94. The smallest absolute Gasteiger partial charge is 0.409 e. The number of rotatable bonds is 4. The number of nitrogens with one attached hydrogen (secondary N) is 1. The highest BCUT2D eigenvalue weighted by atomic mass is 32.2. The molecule has 0 aromatic heterocycles. The summed E-state index contributed by atoms with van der Waals surface area (Å²) >= 11 is 0. The van der Waals surface area contributed by atoms with Gasteiger partial charge in [-0.3, -0.25) is 9.62 Å². The first-order chi connectivity index (χ1) is 12.7. The molecule has 27 heavy (non-hydrogen) atoms. The van der Waals surface area contributed by atoms with Gasteiger partial charge in [-0.05, 0) is 49.4 Å². The lowest BCUT2D eigenvalue weighted by Crippen LogP contribution is -2.53. The van der Waals surface area contributed by atoms with E-state index in [1.165, 1.54) is 30.3 Å². The van der Waals surface area contributed by atoms with E-state index in [0.29, 0.717) is 0 Å². The number of nitrogens with two attached hydrogens (primary N) is 1. The van der Waals surface area contributed by atoms with Gasteiger partial charge < -0.3 is 15.6 Å². The topological polar surface area (TPSA) is 122 Å². The first-order valence-electron chi connectivity index (χ1n) is 8.04. The molecule has 10 heteroatoms. The summed E-state index contributed by atoms with van der Waals surface area (Å²) in [5.74, 6) is -0.303. The zero-order valence-corrected chi connectivity index (χ0v) is 15.1. The molecule has 1 aliphatic heterocycles. The van der Waals surface area contributed by atoms with E-state index in [1.807, 2.05) is 0 Å². The van der Waals surface area contributed by atoms with Gasteiger partial charge in [0.15, 0.2) is 0 Å². The zero-order chi connectivity index (χ0) is 19.8. The number of fused-ring (bicyclic) bond motifs is 1. The van der Waals surface area contributed by atoms with E-state index in [4.69, 9.17) is 15.6 Å². The Labute approximate surface area is 155 Å². The lowest BCUT2D eigenvalue weighted by molar-refractivity contribution is 0.174. The summed E-state index contributed by atoms with van der Waals surface area (Å²) in [4.78, 5) is 10.8. The normalized spacial score (nSPS) is 19.1. The Morgan fingerprint density at radius 1 is 1.30 bits per heavy atom. The van der Waals surface area contributed by atoms with Crippen molar-refractivity contribution in [3.63, 3.8) is 0 Å². The van der Waals surface area contributed by atoms with E-state index in [0.717, 1.165) is 16.4 Å². The van der Waals surface area contributed by atoms with Gasteiger partial charge in [0.1, 0.15) is 17.7 Å². The lowest BCUT2D eigenvalue weighted by atomic mass is 10.1. The van der Waals surface area contributed by atoms with Crippen LogP contribution in [0.2, 0.25) is 0 Å². The Morgan fingerprint density at radius 2 is 1.96 bits per heavy atom. The second-order valence-corrected chi connectivity index (χ2v) is 7.81. The fraction of sp³-hybridized carbons (Fsp3) is 0.235. The molecule has 1 heterocycles. The number of benzene rings is 2. The van der Waals surface area contributed by atoms with Crippen LogP contribution < -0.4 is 20.1 Å². The molecule has 2 atom stereocenters. The van der Waals surface area contributed by atoms with Crippen LogP contribution in [-0.2, 0) is 10.0 Å². The minimum absolute atomic E-state index is 0.0746. The third-order valence-electron chi connectivity index (χ3n) is 4.24. The van der Waals surface area contributed by atoms with Gasteiger partial charge in [-0.2, -0.15) is 0 Å². The van der Waals surface area contributed by atoms with E-state index < -0.39 is 34.1 Å². The molecule has 144 valence electrons.